The maximum atomic E-state index is 4.30. The number of hydrogen-bond donors (Lipinski definition) is 2. The fraction of sp³-hybridized carbons (Fsp3) is 0.714. The number of piperidine rings is 1. The van der Waals surface area contributed by atoms with Crippen LogP contribution in [0.1, 0.15) is 38.8 Å². The van der Waals surface area contributed by atoms with E-state index in [1.54, 1.807) is 6.33 Å². The first kappa shape index (κ1) is 13.3. The zero-order valence-electron chi connectivity index (χ0n) is 11.5. The average Bonchev–Trinajstić information content (AvgIpc) is 2.38. The molecule has 1 aliphatic rings. The summed E-state index contributed by atoms with van der Waals surface area (Å²) in [6.07, 6.45) is 6.27. The summed E-state index contributed by atoms with van der Waals surface area (Å²) < 4.78 is 0. The Bertz CT molecular complexity index is 372. The monoisotopic (exact) mass is 248 g/mol. The third-order valence-corrected chi connectivity index (χ3v) is 3.74. The molecule has 4 heteroatoms. The third kappa shape index (κ3) is 3.67. The molecule has 0 atom stereocenters. The van der Waals surface area contributed by atoms with E-state index in [0.717, 1.165) is 44.0 Å². The van der Waals surface area contributed by atoms with Crippen LogP contribution in [0.15, 0.2) is 12.4 Å². The van der Waals surface area contributed by atoms with Crippen molar-refractivity contribution >= 4 is 5.82 Å². The molecule has 18 heavy (non-hydrogen) atoms. The van der Waals surface area contributed by atoms with Gasteiger partial charge in [-0.2, -0.15) is 0 Å². The second kappa shape index (κ2) is 6.14. The number of aromatic nitrogens is 2. The lowest BCUT2D eigenvalue weighted by atomic mass is 9.81. The van der Waals surface area contributed by atoms with Crippen LogP contribution < -0.4 is 10.6 Å². The zero-order valence-corrected chi connectivity index (χ0v) is 11.5. The second-order valence-electron chi connectivity index (χ2n) is 5.56. The van der Waals surface area contributed by atoms with E-state index in [1.807, 2.05) is 0 Å². The lowest BCUT2D eigenvalue weighted by molar-refractivity contribution is 0.247. The molecule has 1 aromatic rings. The van der Waals surface area contributed by atoms with E-state index >= 15 is 0 Å². The van der Waals surface area contributed by atoms with Gasteiger partial charge in [0, 0.05) is 18.3 Å². The van der Waals surface area contributed by atoms with Crippen molar-refractivity contribution in [2.45, 2.75) is 39.5 Å². The van der Waals surface area contributed by atoms with Gasteiger partial charge in [0.05, 0.1) is 0 Å². The van der Waals surface area contributed by atoms with Crippen molar-refractivity contribution < 1.29 is 0 Å². The van der Waals surface area contributed by atoms with E-state index in [9.17, 15) is 0 Å². The third-order valence-electron chi connectivity index (χ3n) is 3.74. The van der Waals surface area contributed by atoms with Crippen molar-refractivity contribution in [1.82, 2.24) is 15.3 Å². The fourth-order valence-electron chi connectivity index (χ4n) is 2.40. The second-order valence-corrected chi connectivity index (χ2v) is 5.56. The lowest BCUT2D eigenvalue weighted by Gasteiger charge is -2.34. The molecule has 4 nitrogen and oxygen atoms in total. The molecule has 0 radical (unpaired) electrons. The maximum absolute atomic E-state index is 4.30. The van der Waals surface area contributed by atoms with Gasteiger partial charge >= 0.3 is 0 Å². The minimum absolute atomic E-state index is 0.390. The summed E-state index contributed by atoms with van der Waals surface area (Å²) in [6, 6.07) is 2.08. The summed E-state index contributed by atoms with van der Waals surface area (Å²) in [5.41, 5.74) is 1.52. The van der Waals surface area contributed by atoms with Gasteiger partial charge in [-0.25, -0.2) is 9.97 Å². The van der Waals surface area contributed by atoms with E-state index in [-0.39, 0.29) is 0 Å². The number of anilines is 1. The topological polar surface area (TPSA) is 49.8 Å². The smallest absolute Gasteiger partial charge is 0.129 e. The summed E-state index contributed by atoms with van der Waals surface area (Å²) in [7, 11) is 0. The largest absolute Gasteiger partial charge is 0.369 e. The van der Waals surface area contributed by atoms with Crippen LogP contribution >= 0.6 is 0 Å². The first-order valence-electron chi connectivity index (χ1n) is 6.97. The molecule has 100 valence electrons. The highest BCUT2D eigenvalue weighted by molar-refractivity contribution is 5.35. The van der Waals surface area contributed by atoms with Gasteiger partial charge in [-0.15, -0.1) is 0 Å². The molecule has 0 unspecified atom stereocenters. The molecule has 2 N–H and O–H groups in total. The van der Waals surface area contributed by atoms with E-state index < -0.39 is 0 Å². The molecule has 0 bridgehead atoms. The Kier molecular flexibility index (Phi) is 4.53. The van der Waals surface area contributed by atoms with Gasteiger partial charge in [0.1, 0.15) is 12.1 Å². The molecule has 0 aromatic carbocycles. The van der Waals surface area contributed by atoms with Crippen LogP contribution in [-0.4, -0.2) is 29.6 Å². The molecule has 1 aromatic heterocycles. The molecular formula is C14H24N4. The Hall–Kier alpha value is -1.16. The van der Waals surface area contributed by atoms with Crippen molar-refractivity contribution in [1.29, 1.82) is 0 Å². The summed E-state index contributed by atoms with van der Waals surface area (Å²) >= 11 is 0. The van der Waals surface area contributed by atoms with Crippen molar-refractivity contribution in [2.75, 3.05) is 25.0 Å². The van der Waals surface area contributed by atoms with Gasteiger partial charge in [0.25, 0.3) is 0 Å². The Morgan fingerprint density at radius 2 is 2.11 bits per heavy atom. The van der Waals surface area contributed by atoms with Gasteiger partial charge in [0.15, 0.2) is 0 Å². The van der Waals surface area contributed by atoms with Crippen LogP contribution in [0, 0.1) is 5.41 Å². The molecule has 2 rings (SSSR count). The summed E-state index contributed by atoms with van der Waals surface area (Å²) in [6.45, 7) is 7.78. The van der Waals surface area contributed by atoms with Gasteiger partial charge in [-0.05, 0) is 37.8 Å². The summed E-state index contributed by atoms with van der Waals surface area (Å²) in [5.74, 6) is 0.966. The molecule has 1 saturated heterocycles. The predicted molar refractivity (Wildman–Crippen MR) is 74.7 cm³/mol. The number of nitrogens with one attached hydrogen (secondary N) is 2. The molecule has 0 aliphatic carbocycles. The molecule has 0 spiro atoms. The Balaban J connectivity index is 1.90. The number of nitrogens with zero attached hydrogens (tertiary/aromatic N) is 2. The minimum atomic E-state index is 0.390. The Morgan fingerprint density at radius 3 is 2.83 bits per heavy atom. The molecule has 2 heterocycles. The molecule has 1 fully saturated rings. The van der Waals surface area contributed by atoms with Crippen LogP contribution in [0.4, 0.5) is 5.82 Å². The molecule has 0 saturated carbocycles. The van der Waals surface area contributed by atoms with Crippen molar-refractivity contribution in [3.05, 3.63) is 18.1 Å². The normalized spacial score (nSPS) is 18.6. The Morgan fingerprint density at radius 1 is 1.33 bits per heavy atom. The summed E-state index contributed by atoms with van der Waals surface area (Å²) in [4.78, 5) is 8.58. The number of aryl methyl sites for hydroxylation is 1. The van der Waals surface area contributed by atoms with Crippen LogP contribution in [0.3, 0.4) is 0 Å². The standard InChI is InChI=1S/C14H24N4/c1-3-4-12-9-13(18-11-17-12)16-10-14(2)5-7-15-8-6-14/h9,11,15H,3-8,10H2,1-2H3,(H,16,17,18). The lowest BCUT2D eigenvalue weighted by Crippen LogP contribution is -2.39. The van der Waals surface area contributed by atoms with E-state index in [1.165, 1.54) is 12.8 Å². The van der Waals surface area contributed by atoms with Gasteiger partial charge in [0.2, 0.25) is 0 Å². The van der Waals surface area contributed by atoms with E-state index in [2.05, 4.69) is 40.5 Å². The van der Waals surface area contributed by atoms with Gasteiger partial charge in [-0.1, -0.05) is 20.3 Å². The fourth-order valence-corrected chi connectivity index (χ4v) is 2.40. The van der Waals surface area contributed by atoms with Gasteiger partial charge < -0.3 is 10.6 Å². The maximum Gasteiger partial charge on any atom is 0.129 e. The molecular weight excluding hydrogens is 224 g/mol. The highest BCUT2D eigenvalue weighted by Crippen LogP contribution is 2.27. The van der Waals surface area contributed by atoms with Crippen LogP contribution in [0.25, 0.3) is 0 Å². The minimum Gasteiger partial charge on any atom is -0.369 e. The highest BCUT2D eigenvalue weighted by atomic mass is 15.0. The van der Waals surface area contributed by atoms with Crippen molar-refractivity contribution in [2.24, 2.45) is 5.41 Å². The van der Waals surface area contributed by atoms with Crippen LogP contribution in [0.2, 0.25) is 0 Å². The van der Waals surface area contributed by atoms with Crippen molar-refractivity contribution in [3.8, 4) is 0 Å². The number of rotatable bonds is 5. The first-order chi connectivity index (χ1) is 8.72. The average molecular weight is 248 g/mol. The summed E-state index contributed by atoms with van der Waals surface area (Å²) in [5, 5.41) is 6.89. The van der Waals surface area contributed by atoms with E-state index in [4.69, 9.17) is 0 Å². The molecule has 0 amide bonds. The van der Waals surface area contributed by atoms with Gasteiger partial charge in [-0.3, -0.25) is 0 Å². The SMILES string of the molecule is CCCc1cc(NCC2(C)CCNCC2)ncn1. The zero-order chi connectivity index (χ0) is 12.8. The van der Waals surface area contributed by atoms with E-state index in [0.29, 0.717) is 5.41 Å². The quantitative estimate of drug-likeness (QED) is 0.839. The van der Waals surface area contributed by atoms with Crippen LogP contribution in [-0.2, 0) is 6.42 Å². The Labute approximate surface area is 110 Å². The van der Waals surface area contributed by atoms with Crippen LogP contribution in [0.5, 0.6) is 0 Å². The predicted octanol–water partition coefficient (Wildman–Crippen LogP) is 2.23. The first-order valence-corrected chi connectivity index (χ1v) is 6.97. The van der Waals surface area contributed by atoms with Crippen molar-refractivity contribution in [3.63, 3.8) is 0 Å². The molecule has 1 aliphatic heterocycles. The highest BCUT2D eigenvalue weighted by Gasteiger charge is 2.26. The number of hydrogen-bond acceptors (Lipinski definition) is 4.